The zero-order chi connectivity index (χ0) is 9.89. The van der Waals surface area contributed by atoms with E-state index in [1.807, 2.05) is 0 Å². The Morgan fingerprint density at radius 3 is 1.58 bits per heavy atom. The number of carbonyl (C=O) groups excluding carboxylic acids is 1. The Morgan fingerprint density at radius 2 is 1.50 bits per heavy atom. The second kappa shape index (κ2) is 3.85. The first-order valence-electron chi connectivity index (χ1n) is 3.34. The molecule has 0 aromatic rings. The summed E-state index contributed by atoms with van der Waals surface area (Å²) in [6.45, 7) is 2.26. The van der Waals surface area contributed by atoms with Crippen LogP contribution in [0.5, 0.6) is 0 Å². The Bertz CT molecular complexity index is 206. The highest BCUT2D eigenvalue weighted by Gasteiger charge is 2.33. The van der Waals surface area contributed by atoms with Crippen LogP contribution in [0.25, 0.3) is 0 Å². The molecule has 0 aromatic heterocycles. The number of rotatable bonds is 4. The summed E-state index contributed by atoms with van der Waals surface area (Å²) >= 11 is 0. The van der Waals surface area contributed by atoms with E-state index >= 15 is 0 Å². The average Bonchev–Trinajstić information content (AvgIpc) is 1.85. The summed E-state index contributed by atoms with van der Waals surface area (Å²) < 4.78 is 0. The molecule has 0 spiro atoms. The highest BCUT2D eigenvalue weighted by molar-refractivity contribution is 6.00. The second-order valence-corrected chi connectivity index (χ2v) is 2.55. The van der Waals surface area contributed by atoms with E-state index in [9.17, 15) is 14.4 Å². The normalized spacial score (nSPS) is 14.8. The Labute approximate surface area is 69.0 Å². The maximum absolute atomic E-state index is 10.7. The molecular weight excluding hydrogens is 164 g/mol. The van der Waals surface area contributed by atoms with Crippen LogP contribution in [-0.2, 0) is 14.4 Å². The van der Waals surface area contributed by atoms with E-state index in [0.717, 1.165) is 6.92 Å². The van der Waals surface area contributed by atoms with E-state index in [2.05, 4.69) is 0 Å². The fraction of sp³-hybridized carbons (Fsp3) is 0.571. The summed E-state index contributed by atoms with van der Waals surface area (Å²) in [7, 11) is 0. The van der Waals surface area contributed by atoms with Gasteiger partial charge in [-0.15, -0.1) is 0 Å². The summed E-state index contributed by atoms with van der Waals surface area (Å²) in [4.78, 5) is 31.4. The van der Waals surface area contributed by atoms with E-state index in [1.54, 1.807) is 0 Å². The molecule has 2 atom stereocenters. The van der Waals surface area contributed by atoms with Crippen molar-refractivity contribution in [3.63, 3.8) is 0 Å². The third-order valence-electron chi connectivity index (χ3n) is 1.59. The topological polar surface area (TPSA) is 91.7 Å². The van der Waals surface area contributed by atoms with Crippen molar-refractivity contribution in [2.24, 2.45) is 11.8 Å². The summed E-state index contributed by atoms with van der Waals surface area (Å²) in [5.74, 6) is -5.94. The molecule has 0 aliphatic heterocycles. The van der Waals surface area contributed by atoms with Crippen LogP contribution in [-0.4, -0.2) is 27.9 Å². The molecule has 0 bridgehead atoms. The van der Waals surface area contributed by atoms with Crippen molar-refractivity contribution < 1.29 is 24.6 Å². The molecule has 2 N–H and O–H groups in total. The van der Waals surface area contributed by atoms with Crippen molar-refractivity contribution in [1.29, 1.82) is 0 Å². The third-order valence-corrected chi connectivity index (χ3v) is 1.59. The molecule has 0 amide bonds. The van der Waals surface area contributed by atoms with Crippen molar-refractivity contribution in [2.75, 3.05) is 0 Å². The van der Waals surface area contributed by atoms with E-state index in [1.165, 1.54) is 6.92 Å². The van der Waals surface area contributed by atoms with Crippen LogP contribution in [0.3, 0.4) is 0 Å². The monoisotopic (exact) mass is 174 g/mol. The molecule has 0 rings (SSSR count). The SMILES string of the molecule is CC(=O)C(C(=O)O)[C@@H](C)C(=O)O. The van der Waals surface area contributed by atoms with Gasteiger partial charge in [-0.3, -0.25) is 14.4 Å². The molecule has 0 aliphatic rings. The predicted molar refractivity (Wildman–Crippen MR) is 38.6 cm³/mol. The largest absolute Gasteiger partial charge is 0.481 e. The maximum Gasteiger partial charge on any atom is 0.314 e. The molecule has 1 unspecified atom stereocenters. The van der Waals surface area contributed by atoms with Gasteiger partial charge in [-0.2, -0.15) is 0 Å². The predicted octanol–water partition coefficient (Wildman–Crippen LogP) is -0.00310. The number of aliphatic carboxylic acids is 2. The standard InChI is InChI=1S/C7H10O5/c1-3(6(9)10)5(4(2)8)7(11)12/h3,5H,1-2H3,(H,9,10)(H,11,12)/t3-,5?/m1/s1. The number of hydrogen-bond donors (Lipinski definition) is 2. The van der Waals surface area contributed by atoms with Crippen LogP contribution >= 0.6 is 0 Å². The molecule has 0 heterocycles. The Hall–Kier alpha value is -1.39. The molecule has 5 nitrogen and oxygen atoms in total. The molecule has 68 valence electrons. The summed E-state index contributed by atoms with van der Waals surface area (Å²) in [5, 5.41) is 16.9. The van der Waals surface area contributed by atoms with Crippen LogP contribution < -0.4 is 0 Å². The second-order valence-electron chi connectivity index (χ2n) is 2.55. The van der Waals surface area contributed by atoms with Crippen molar-refractivity contribution in [2.45, 2.75) is 13.8 Å². The summed E-state index contributed by atoms with van der Waals surface area (Å²) in [6.07, 6.45) is 0. The number of carboxylic acids is 2. The Morgan fingerprint density at radius 1 is 1.08 bits per heavy atom. The fourth-order valence-corrected chi connectivity index (χ4v) is 0.882. The molecule has 0 radical (unpaired) electrons. The first kappa shape index (κ1) is 10.6. The lowest BCUT2D eigenvalue weighted by molar-refractivity contribution is -0.156. The van der Waals surface area contributed by atoms with Gasteiger partial charge in [0.15, 0.2) is 0 Å². The molecule has 12 heavy (non-hydrogen) atoms. The zero-order valence-corrected chi connectivity index (χ0v) is 6.77. The van der Waals surface area contributed by atoms with Crippen molar-refractivity contribution in [3.05, 3.63) is 0 Å². The quantitative estimate of drug-likeness (QED) is 0.585. The molecule has 0 aliphatic carbocycles. The van der Waals surface area contributed by atoms with Crippen molar-refractivity contribution in [3.8, 4) is 0 Å². The minimum absolute atomic E-state index is 0.641. The Balaban J connectivity index is 4.63. The minimum atomic E-state index is -1.44. The van der Waals surface area contributed by atoms with E-state index in [0.29, 0.717) is 0 Å². The maximum atomic E-state index is 10.7. The third kappa shape index (κ3) is 2.34. The zero-order valence-electron chi connectivity index (χ0n) is 6.77. The minimum Gasteiger partial charge on any atom is -0.481 e. The van der Waals surface area contributed by atoms with E-state index in [-0.39, 0.29) is 0 Å². The first-order chi connectivity index (χ1) is 5.37. The molecule has 0 saturated carbocycles. The molecule has 0 fully saturated rings. The molecule has 0 aromatic carbocycles. The van der Waals surface area contributed by atoms with Gasteiger partial charge in [-0.05, 0) is 6.92 Å². The van der Waals surface area contributed by atoms with Gasteiger partial charge in [0.05, 0.1) is 5.92 Å². The van der Waals surface area contributed by atoms with Gasteiger partial charge in [-0.1, -0.05) is 6.92 Å². The van der Waals surface area contributed by atoms with Gasteiger partial charge in [0.25, 0.3) is 0 Å². The van der Waals surface area contributed by atoms with Crippen molar-refractivity contribution in [1.82, 2.24) is 0 Å². The highest BCUT2D eigenvalue weighted by atomic mass is 16.4. The lowest BCUT2D eigenvalue weighted by Crippen LogP contribution is -2.32. The number of Topliss-reactive ketones (excluding diaryl/α,β-unsaturated/α-hetero) is 1. The van der Waals surface area contributed by atoms with Gasteiger partial charge in [0, 0.05) is 0 Å². The van der Waals surface area contributed by atoms with E-state index in [4.69, 9.17) is 10.2 Å². The number of carbonyl (C=O) groups is 3. The average molecular weight is 174 g/mol. The summed E-state index contributed by atoms with van der Waals surface area (Å²) in [5.41, 5.74) is 0. The van der Waals surface area contributed by atoms with Crippen LogP contribution in [0.15, 0.2) is 0 Å². The van der Waals surface area contributed by atoms with Gasteiger partial charge >= 0.3 is 11.9 Å². The summed E-state index contributed by atoms with van der Waals surface area (Å²) in [6, 6.07) is 0. The van der Waals surface area contributed by atoms with Crippen LogP contribution in [0.2, 0.25) is 0 Å². The number of carboxylic acid groups (broad SMARTS) is 2. The first-order valence-corrected chi connectivity index (χ1v) is 3.34. The van der Waals surface area contributed by atoms with E-state index < -0.39 is 29.6 Å². The van der Waals surface area contributed by atoms with Gasteiger partial charge in [-0.25, -0.2) is 0 Å². The fourth-order valence-electron chi connectivity index (χ4n) is 0.882. The molecule has 5 heteroatoms. The molecule has 0 saturated heterocycles. The number of ketones is 1. The number of hydrogen-bond acceptors (Lipinski definition) is 3. The van der Waals surface area contributed by atoms with Crippen LogP contribution in [0.1, 0.15) is 13.8 Å². The Kier molecular flexibility index (Phi) is 3.40. The van der Waals surface area contributed by atoms with Crippen LogP contribution in [0, 0.1) is 11.8 Å². The van der Waals surface area contributed by atoms with Crippen LogP contribution in [0.4, 0.5) is 0 Å². The van der Waals surface area contributed by atoms with Crippen molar-refractivity contribution >= 4 is 17.7 Å². The van der Waals surface area contributed by atoms with Gasteiger partial charge in [0.2, 0.25) is 0 Å². The molecular formula is C7H10O5. The van der Waals surface area contributed by atoms with Gasteiger partial charge < -0.3 is 10.2 Å². The lowest BCUT2D eigenvalue weighted by atomic mass is 9.91. The van der Waals surface area contributed by atoms with Gasteiger partial charge in [0.1, 0.15) is 11.7 Å². The lowest BCUT2D eigenvalue weighted by Gasteiger charge is -2.12. The highest BCUT2D eigenvalue weighted by Crippen LogP contribution is 2.13. The smallest absolute Gasteiger partial charge is 0.314 e.